The van der Waals surface area contributed by atoms with Crippen LogP contribution in [0, 0.1) is 28.6 Å². The number of carbonyl (C=O) groups excluding carboxylic acids is 2. The van der Waals surface area contributed by atoms with Crippen LogP contribution in [0.2, 0.25) is 0 Å². The highest BCUT2D eigenvalue weighted by Crippen LogP contribution is 2.66. The lowest BCUT2D eigenvalue weighted by Crippen LogP contribution is -2.53. The number of hydrogen-bond donors (Lipinski definition) is 2. The van der Waals surface area contributed by atoms with Crippen molar-refractivity contribution in [1.29, 1.82) is 0 Å². The summed E-state index contributed by atoms with van der Waals surface area (Å²) >= 11 is 0. The van der Waals surface area contributed by atoms with Crippen molar-refractivity contribution in [2.75, 3.05) is 20.3 Å². The molecule has 2 N–H and O–H groups in total. The number of amides is 1. The van der Waals surface area contributed by atoms with Crippen molar-refractivity contribution in [3.63, 3.8) is 0 Å². The van der Waals surface area contributed by atoms with Crippen LogP contribution in [0.5, 0.6) is 0 Å². The Kier molecular flexibility index (Phi) is 6.35. The van der Waals surface area contributed by atoms with Crippen molar-refractivity contribution in [2.45, 2.75) is 83.5 Å². The molecule has 8 atom stereocenters. The predicted octanol–water partition coefficient (Wildman–Crippen LogP) is 2.98. The highest BCUT2D eigenvalue weighted by Gasteiger charge is 2.62. The van der Waals surface area contributed by atoms with E-state index in [1.807, 2.05) is 13.0 Å². The molecule has 5 rings (SSSR count). The molecule has 198 valence electrons. The number of rotatable bonds is 4. The number of aliphatic hydroxyl groups is 2. The molecule has 1 amide bonds. The van der Waals surface area contributed by atoms with Crippen LogP contribution in [0.25, 0.3) is 0 Å². The average molecular weight is 501 g/mol. The van der Waals surface area contributed by atoms with E-state index in [1.165, 1.54) is 17.6 Å². The SMILES string of the molecule is COC(=O)C1CC(O)CN1C(=O)CON=C1C=CC2(C)C(=C1)CCC1C2CCC2(C)C1CCC2(C)O. The van der Waals surface area contributed by atoms with E-state index in [0.29, 0.717) is 23.5 Å². The van der Waals surface area contributed by atoms with Gasteiger partial charge in [0.15, 0.2) is 6.61 Å². The molecule has 4 fully saturated rings. The predicted molar refractivity (Wildman–Crippen MR) is 134 cm³/mol. The van der Waals surface area contributed by atoms with Crippen LogP contribution in [0.15, 0.2) is 29.0 Å². The van der Waals surface area contributed by atoms with Gasteiger partial charge in [-0.15, -0.1) is 0 Å². The molecule has 0 bridgehead atoms. The normalized spacial score (nSPS) is 44.5. The molecule has 0 spiro atoms. The number of esters is 1. The Labute approximate surface area is 213 Å². The van der Waals surface area contributed by atoms with E-state index in [4.69, 9.17) is 9.57 Å². The van der Waals surface area contributed by atoms with E-state index < -0.39 is 29.6 Å². The summed E-state index contributed by atoms with van der Waals surface area (Å²) in [5, 5.41) is 25.2. The van der Waals surface area contributed by atoms with E-state index in [2.05, 4.69) is 31.2 Å². The molecule has 0 aromatic carbocycles. The molecule has 8 nitrogen and oxygen atoms in total. The smallest absolute Gasteiger partial charge is 0.328 e. The van der Waals surface area contributed by atoms with Crippen molar-refractivity contribution in [1.82, 2.24) is 4.90 Å². The molecule has 5 aliphatic rings. The zero-order chi connectivity index (χ0) is 25.9. The van der Waals surface area contributed by atoms with Crippen LogP contribution >= 0.6 is 0 Å². The minimum absolute atomic E-state index is 0.00931. The van der Waals surface area contributed by atoms with Crippen molar-refractivity contribution in [3.8, 4) is 0 Å². The number of ether oxygens (including phenoxy) is 1. The third kappa shape index (κ3) is 3.92. The third-order valence-corrected chi connectivity index (χ3v) is 10.6. The number of methoxy groups -OCH3 is 1. The quantitative estimate of drug-likeness (QED) is 0.454. The van der Waals surface area contributed by atoms with Gasteiger partial charge in [0.25, 0.3) is 5.91 Å². The second-order valence-electron chi connectivity index (χ2n) is 12.2. The summed E-state index contributed by atoms with van der Waals surface area (Å²) in [5.41, 5.74) is 1.47. The molecule has 1 aliphatic heterocycles. The van der Waals surface area contributed by atoms with Crippen molar-refractivity contribution >= 4 is 17.6 Å². The maximum absolute atomic E-state index is 12.6. The van der Waals surface area contributed by atoms with E-state index in [-0.39, 0.29) is 30.4 Å². The minimum atomic E-state index is -0.790. The first-order valence-electron chi connectivity index (χ1n) is 13.4. The second kappa shape index (κ2) is 8.98. The Morgan fingerprint density at radius 3 is 2.67 bits per heavy atom. The number of allylic oxidation sites excluding steroid dienone is 4. The van der Waals surface area contributed by atoms with Crippen LogP contribution in [0.4, 0.5) is 0 Å². The molecular weight excluding hydrogens is 460 g/mol. The molecule has 3 saturated carbocycles. The zero-order valence-electron chi connectivity index (χ0n) is 21.9. The van der Waals surface area contributed by atoms with Crippen LogP contribution in [-0.4, -0.2) is 70.7 Å². The van der Waals surface area contributed by atoms with Gasteiger partial charge in [0.1, 0.15) is 11.8 Å². The van der Waals surface area contributed by atoms with E-state index >= 15 is 0 Å². The minimum Gasteiger partial charge on any atom is -0.467 e. The van der Waals surface area contributed by atoms with Gasteiger partial charge in [0.05, 0.1) is 18.8 Å². The van der Waals surface area contributed by atoms with Gasteiger partial charge >= 0.3 is 5.97 Å². The van der Waals surface area contributed by atoms with Crippen molar-refractivity contribution in [2.24, 2.45) is 33.7 Å². The van der Waals surface area contributed by atoms with Crippen LogP contribution in [0.1, 0.15) is 65.7 Å². The Morgan fingerprint density at radius 1 is 1.17 bits per heavy atom. The molecule has 0 aromatic rings. The first-order chi connectivity index (χ1) is 17.0. The summed E-state index contributed by atoms with van der Waals surface area (Å²) in [6.07, 6.45) is 12.1. The van der Waals surface area contributed by atoms with E-state index in [1.54, 1.807) is 0 Å². The number of oxime groups is 1. The number of carbonyl (C=O) groups is 2. The molecule has 1 heterocycles. The Balaban J connectivity index is 1.24. The molecule has 0 radical (unpaired) electrons. The molecule has 8 heteroatoms. The number of β-amino-alcohol motifs (C(OH)–C–C–N with tert-alkyl or cyclic N) is 1. The molecule has 1 saturated heterocycles. The molecule has 8 unspecified atom stereocenters. The van der Waals surface area contributed by atoms with Gasteiger partial charge in [0, 0.05) is 18.4 Å². The summed E-state index contributed by atoms with van der Waals surface area (Å²) in [5.74, 6) is 0.810. The second-order valence-corrected chi connectivity index (χ2v) is 12.2. The molecule has 0 aromatic heterocycles. The highest BCUT2D eigenvalue weighted by atomic mass is 16.6. The van der Waals surface area contributed by atoms with Crippen LogP contribution < -0.4 is 0 Å². The number of nitrogens with zero attached hydrogens (tertiary/aromatic N) is 2. The summed E-state index contributed by atoms with van der Waals surface area (Å²) in [7, 11) is 1.27. The Hall–Kier alpha value is -2.19. The molecule has 36 heavy (non-hydrogen) atoms. The van der Waals surface area contributed by atoms with Gasteiger partial charge < -0.3 is 24.7 Å². The van der Waals surface area contributed by atoms with Gasteiger partial charge in [0.2, 0.25) is 0 Å². The summed E-state index contributed by atoms with van der Waals surface area (Å²) in [6, 6.07) is -0.790. The maximum Gasteiger partial charge on any atom is 0.328 e. The van der Waals surface area contributed by atoms with Gasteiger partial charge in [-0.1, -0.05) is 30.7 Å². The summed E-state index contributed by atoms with van der Waals surface area (Å²) in [6.45, 7) is 6.47. The Bertz CT molecular complexity index is 1020. The van der Waals surface area contributed by atoms with Crippen molar-refractivity contribution in [3.05, 3.63) is 23.8 Å². The molecular formula is C28H40N2O6. The largest absolute Gasteiger partial charge is 0.467 e. The average Bonchev–Trinajstić information content (AvgIpc) is 3.35. The number of aliphatic hydroxyl groups excluding tert-OH is 1. The highest BCUT2D eigenvalue weighted by molar-refractivity contribution is 6.05. The summed E-state index contributed by atoms with van der Waals surface area (Å²) < 4.78 is 4.76. The fourth-order valence-electron chi connectivity index (χ4n) is 8.20. The number of likely N-dealkylation sites (tertiary alicyclic amines) is 1. The van der Waals surface area contributed by atoms with E-state index in [0.717, 1.165) is 38.5 Å². The maximum atomic E-state index is 12.6. The van der Waals surface area contributed by atoms with Gasteiger partial charge in [-0.25, -0.2) is 4.79 Å². The third-order valence-electron chi connectivity index (χ3n) is 10.6. The molecule has 4 aliphatic carbocycles. The fraction of sp³-hybridized carbons (Fsp3) is 0.750. The van der Waals surface area contributed by atoms with Gasteiger partial charge in [-0.2, -0.15) is 0 Å². The van der Waals surface area contributed by atoms with Crippen molar-refractivity contribution < 1.29 is 29.4 Å². The lowest BCUT2D eigenvalue weighted by atomic mass is 9.47. The lowest BCUT2D eigenvalue weighted by Gasteiger charge is -2.58. The number of fused-ring (bicyclic) bond motifs is 5. The lowest BCUT2D eigenvalue weighted by molar-refractivity contribution is -0.152. The first kappa shape index (κ1) is 25.5. The van der Waals surface area contributed by atoms with Gasteiger partial charge in [-0.05, 0) is 80.8 Å². The summed E-state index contributed by atoms with van der Waals surface area (Å²) in [4.78, 5) is 31.3. The van der Waals surface area contributed by atoms with Crippen LogP contribution in [-0.2, 0) is 19.2 Å². The van der Waals surface area contributed by atoms with Crippen LogP contribution in [0.3, 0.4) is 0 Å². The number of hydrogen-bond acceptors (Lipinski definition) is 7. The van der Waals surface area contributed by atoms with Gasteiger partial charge in [-0.3, -0.25) is 4.79 Å². The Morgan fingerprint density at radius 2 is 1.92 bits per heavy atom. The zero-order valence-corrected chi connectivity index (χ0v) is 21.9. The standard InChI is InChI=1S/C28H40N2O6/c1-26-10-7-18(29-36-16-24(32)30-15-19(31)14-23(30)25(33)35-4)13-17(26)5-6-20-21(26)8-11-27(2)22(20)9-12-28(27,3)34/h7,10,13,19-23,31,34H,5-6,8-9,11-12,14-16H2,1-4H3. The van der Waals surface area contributed by atoms with E-state index in [9.17, 15) is 19.8 Å². The topological polar surface area (TPSA) is 109 Å². The fourth-order valence-corrected chi connectivity index (χ4v) is 8.20. The first-order valence-corrected chi connectivity index (χ1v) is 13.4. The monoisotopic (exact) mass is 500 g/mol.